The summed E-state index contributed by atoms with van der Waals surface area (Å²) < 4.78 is 0. The average Bonchev–Trinajstić information content (AvgIpc) is 3.39. The van der Waals surface area contributed by atoms with Gasteiger partial charge in [0.25, 0.3) is 5.91 Å². The number of rotatable bonds is 5. The van der Waals surface area contributed by atoms with Crippen LogP contribution in [0.3, 0.4) is 0 Å². The van der Waals surface area contributed by atoms with Crippen LogP contribution in [0.4, 0.5) is 0 Å². The third kappa shape index (κ3) is 4.03. The molecule has 0 saturated carbocycles. The van der Waals surface area contributed by atoms with E-state index in [1.807, 2.05) is 48.1 Å². The van der Waals surface area contributed by atoms with Gasteiger partial charge in [0.1, 0.15) is 5.01 Å². The number of hydrogen-bond donors (Lipinski definition) is 2. The number of amides is 1. The van der Waals surface area contributed by atoms with Crippen LogP contribution in [0.2, 0.25) is 0 Å². The van der Waals surface area contributed by atoms with Gasteiger partial charge in [0, 0.05) is 28.6 Å². The van der Waals surface area contributed by atoms with Crippen molar-refractivity contribution in [3.8, 4) is 0 Å². The topological polar surface area (TPSA) is 65.5 Å². The lowest BCUT2D eigenvalue weighted by atomic mass is 9.81. The molecule has 28 heavy (non-hydrogen) atoms. The van der Waals surface area contributed by atoms with Gasteiger partial charge in [-0.3, -0.25) is 9.69 Å². The number of piperidine rings is 1. The van der Waals surface area contributed by atoms with Crippen LogP contribution in [0.15, 0.2) is 59.4 Å². The fourth-order valence-electron chi connectivity index (χ4n) is 3.75. The molecule has 0 unspecified atom stereocenters. The number of carbonyl (C=O) groups excluding carboxylic acids is 1. The summed E-state index contributed by atoms with van der Waals surface area (Å²) in [7, 11) is 0. The molecule has 1 saturated heterocycles. The normalized spacial score (nSPS) is 25.5. The summed E-state index contributed by atoms with van der Waals surface area (Å²) in [5.41, 5.74) is -0.404. The molecule has 1 aromatic carbocycles. The first kappa shape index (κ1) is 19.3. The van der Waals surface area contributed by atoms with Crippen molar-refractivity contribution in [1.82, 2.24) is 15.2 Å². The highest BCUT2D eigenvalue weighted by Gasteiger charge is 2.46. The van der Waals surface area contributed by atoms with Crippen LogP contribution in [-0.2, 0) is 6.54 Å². The Balaban J connectivity index is 1.65. The van der Waals surface area contributed by atoms with Crippen LogP contribution < -0.4 is 5.32 Å². The molecule has 1 fully saturated rings. The highest BCUT2D eigenvalue weighted by Crippen LogP contribution is 2.39. The molecule has 3 heterocycles. The number of benzene rings is 1. The summed E-state index contributed by atoms with van der Waals surface area (Å²) in [5, 5.41) is 19.4. The molecule has 3 aromatic rings. The molecule has 1 amide bonds. The maximum absolute atomic E-state index is 12.9. The maximum atomic E-state index is 12.9. The molecular weight excluding hydrogens is 390 g/mol. The summed E-state index contributed by atoms with van der Waals surface area (Å²) in [4.78, 5) is 20.8. The largest absolute Gasteiger partial charge is 0.388 e. The number of carbonyl (C=O) groups is 1. The van der Waals surface area contributed by atoms with Crippen LogP contribution in [0.5, 0.6) is 0 Å². The van der Waals surface area contributed by atoms with Crippen LogP contribution in [0.1, 0.15) is 39.6 Å². The third-order valence-electron chi connectivity index (χ3n) is 5.26. The lowest BCUT2D eigenvalue weighted by molar-refractivity contribution is -0.0656. The molecule has 2 N–H and O–H groups in total. The van der Waals surface area contributed by atoms with Crippen molar-refractivity contribution in [2.45, 2.75) is 37.6 Å². The molecule has 5 nitrogen and oxygen atoms in total. The van der Waals surface area contributed by atoms with E-state index in [9.17, 15) is 9.90 Å². The van der Waals surface area contributed by atoms with E-state index in [-0.39, 0.29) is 11.9 Å². The second kappa shape index (κ2) is 8.13. The van der Waals surface area contributed by atoms with Crippen molar-refractivity contribution in [2.75, 3.05) is 6.54 Å². The Morgan fingerprint density at radius 1 is 1.25 bits per heavy atom. The van der Waals surface area contributed by atoms with Gasteiger partial charge in [0.2, 0.25) is 0 Å². The van der Waals surface area contributed by atoms with Crippen molar-refractivity contribution < 1.29 is 9.90 Å². The smallest absolute Gasteiger partial charge is 0.251 e. The quantitative estimate of drug-likeness (QED) is 0.669. The number of likely N-dealkylation sites (tertiary alicyclic amines) is 1. The summed E-state index contributed by atoms with van der Waals surface area (Å²) in [6.45, 7) is 3.27. The van der Waals surface area contributed by atoms with Crippen molar-refractivity contribution in [3.05, 3.63) is 74.9 Å². The Kier molecular flexibility index (Phi) is 5.59. The molecule has 7 heteroatoms. The first-order chi connectivity index (χ1) is 13.5. The molecule has 3 atom stereocenters. The first-order valence-corrected chi connectivity index (χ1v) is 11.0. The van der Waals surface area contributed by atoms with Gasteiger partial charge in [-0.1, -0.05) is 24.3 Å². The van der Waals surface area contributed by atoms with E-state index in [2.05, 4.69) is 21.3 Å². The van der Waals surface area contributed by atoms with Gasteiger partial charge < -0.3 is 10.4 Å². The predicted molar refractivity (Wildman–Crippen MR) is 113 cm³/mol. The van der Waals surface area contributed by atoms with E-state index in [0.717, 1.165) is 16.4 Å². The Hall–Kier alpha value is -2.06. The molecule has 0 bridgehead atoms. The highest BCUT2D eigenvalue weighted by molar-refractivity contribution is 7.10. The second-order valence-corrected chi connectivity index (χ2v) is 9.24. The number of hydrogen-bond acceptors (Lipinski definition) is 6. The fraction of sp³-hybridized carbons (Fsp3) is 0.333. The molecule has 1 aliphatic heterocycles. The monoisotopic (exact) mass is 413 g/mol. The van der Waals surface area contributed by atoms with E-state index in [4.69, 9.17) is 0 Å². The average molecular weight is 414 g/mol. The standard InChI is InChI=1S/C21H23N3O2S2/c1-21(26)9-11-24(14-17-22-10-13-28-17)18(16-8-5-12-27-16)19(21)23-20(25)15-6-3-2-4-7-15/h2-8,10,12-13,18-19,26H,9,11,14H2,1H3,(H,23,25)/t18-,19-,21+/m0/s1. The Labute approximate surface area is 172 Å². The lowest BCUT2D eigenvalue weighted by Crippen LogP contribution is -2.62. The Morgan fingerprint density at radius 2 is 2.07 bits per heavy atom. The molecular formula is C21H23N3O2S2. The number of aromatic nitrogens is 1. The molecule has 0 aliphatic carbocycles. The van der Waals surface area contributed by atoms with Crippen LogP contribution >= 0.6 is 22.7 Å². The van der Waals surface area contributed by atoms with E-state index < -0.39 is 11.6 Å². The number of nitrogens with one attached hydrogen (secondary N) is 1. The van der Waals surface area contributed by atoms with Gasteiger partial charge in [0.15, 0.2) is 0 Å². The number of thiazole rings is 1. The van der Waals surface area contributed by atoms with Crippen LogP contribution in [0, 0.1) is 0 Å². The number of aliphatic hydroxyl groups is 1. The van der Waals surface area contributed by atoms with Crippen molar-refractivity contribution >= 4 is 28.6 Å². The Morgan fingerprint density at radius 3 is 2.75 bits per heavy atom. The van der Waals surface area contributed by atoms with E-state index in [1.54, 1.807) is 34.8 Å². The van der Waals surface area contributed by atoms with E-state index in [0.29, 0.717) is 18.5 Å². The predicted octanol–water partition coefficient (Wildman–Crippen LogP) is 3.70. The lowest BCUT2D eigenvalue weighted by Gasteiger charge is -2.48. The van der Waals surface area contributed by atoms with E-state index in [1.165, 1.54) is 0 Å². The second-order valence-electron chi connectivity index (χ2n) is 7.28. The van der Waals surface area contributed by atoms with Gasteiger partial charge in [-0.05, 0) is 36.9 Å². The molecule has 1 aliphatic rings. The zero-order valence-corrected chi connectivity index (χ0v) is 17.2. The SMILES string of the molecule is C[C@@]1(O)CCN(Cc2nccs2)[C@@H](c2cccs2)[C@@H]1NC(=O)c1ccccc1. The van der Waals surface area contributed by atoms with Crippen LogP contribution in [-0.4, -0.2) is 39.1 Å². The van der Waals surface area contributed by atoms with Gasteiger partial charge in [-0.2, -0.15) is 0 Å². The van der Waals surface area contributed by atoms with Gasteiger partial charge in [0.05, 0.1) is 24.2 Å². The molecule has 0 spiro atoms. The summed E-state index contributed by atoms with van der Waals surface area (Å²) in [6, 6.07) is 12.7. The first-order valence-electron chi connectivity index (χ1n) is 9.29. The van der Waals surface area contributed by atoms with Gasteiger partial charge in [-0.15, -0.1) is 22.7 Å². The number of thiophene rings is 1. The molecule has 146 valence electrons. The van der Waals surface area contributed by atoms with Crippen molar-refractivity contribution in [2.24, 2.45) is 0 Å². The van der Waals surface area contributed by atoms with Crippen LogP contribution in [0.25, 0.3) is 0 Å². The van der Waals surface area contributed by atoms with Crippen molar-refractivity contribution in [1.29, 1.82) is 0 Å². The molecule has 4 rings (SSSR count). The highest BCUT2D eigenvalue weighted by atomic mass is 32.1. The summed E-state index contributed by atoms with van der Waals surface area (Å²) >= 11 is 3.28. The van der Waals surface area contributed by atoms with Crippen molar-refractivity contribution in [3.63, 3.8) is 0 Å². The summed E-state index contributed by atoms with van der Waals surface area (Å²) in [5.74, 6) is -0.163. The van der Waals surface area contributed by atoms with E-state index >= 15 is 0 Å². The minimum atomic E-state index is -1.00. The third-order valence-corrected chi connectivity index (χ3v) is 6.97. The minimum absolute atomic E-state index is 0.111. The minimum Gasteiger partial charge on any atom is -0.388 e. The van der Waals surface area contributed by atoms with Gasteiger partial charge >= 0.3 is 0 Å². The molecule has 0 radical (unpaired) electrons. The van der Waals surface area contributed by atoms with Gasteiger partial charge in [-0.25, -0.2) is 4.98 Å². The Bertz CT molecular complexity index is 895. The number of nitrogens with zero attached hydrogens (tertiary/aromatic N) is 2. The zero-order chi connectivity index (χ0) is 19.6. The summed E-state index contributed by atoms with van der Waals surface area (Å²) in [6.07, 6.45) is 2.40. The zero-order valence-electron chi connectivity index (χ0n) is 15.6. The fourth-order valence-corrected chi connectivity index (χ4v) is 5.29. The molecule has 2 aromatic heterocycles. The maximum Gasteiger partial charge on any atom is 0.251 e.